The number of amides is 1. The Morgan fingerprint density at radius 2 is 1.42 bits per heavy atom. The number of aromatic amines is 2. The van der Waals surface area contributed by atoms with Crippen molar-refractivity contribution in [3.8, 4) is 0 Å². The Morgan fingerprint density at radius 1 is 0.733 bits per heavy atom. The second kappa shape index (κ2) is 13.3. The first kappa shape index (κ1) is 32.0. The van der Waals surface area contributed by atoms with Crippen molar-refractivity contribution in [2.24, 2.45) is 9.98 Å². The fraction of sp³-hybridized carbons (Fsp3) is 0.359. The van der Waals surface area contributed by atoms with Gasteiger partial charge in [-0.3, -0.25) is 4.79 Å². The maximum atomic E-state index is 12.3. The largest absolute Gasteiger partial charge is 0.470 e. The number of aliphatic imine (C=N–C) groups is 2. The van der Waals surface area contributed by atoms with E-state index in [1.165, 1.54) is 27.8 Å². The molecule has 1 aromatic carbocycles. The molecule has 4 heterocycles. The summed E-state index contributed by atoms with van der Waals surface area (Å²) in [7, 11) is 0. The number of H-pyrrole nitrogens is 2. The van der Waals surface area contributed by atoms with Crippen molar-refractivity contribution in [3.05, 3.63) is 108 Å². The predicted octanol–water partition coefficient (Wildman–Crippen LogP) is 7.66. The van der Waals surface area contributed by atoms with Gasteiger partial charge in [0.05, 0.1) is 11.4 Å². The summed E-state index contributed by atoms with van der Waals surface area (Å²) in [5.41, 5.74) is 14.1. The van der Waals surface area contributed by atoms with Crippen LogP contribution in [-0.2, 0) is 22.4 Å². The summed E-state index contributed by atoms with van der Waals surface area (Å²) >= 11 is 0. The van der Waals surface area contributed by atoms with Crippen LogP contribution in [0.1, 0.15) is 107 Å². The number of aromatic nitrogens is 2. The highest BCUT2D eigenvalue weighted by Gasteiger charge is 2.24. The fourth-order valence-electron chi connectivity index (χ4n) is 6.59. The molecular weight excluding hydrogens is 556 g/mol. The minimum absolute atomic E-state index is 0.0912. The average Bonchev–Trinajstić information content (AvgIpc) is 3.69. The van der Waals surface area contributed by atoms with E-state index >= 15 is 0 Å². The molecule has 0 fully saturated rings. The number of carbonyl (C=O) groups is 1. The van der Waals surface area contributed by atoms with Crippen molar-refractivity contribution in [2.45, 2.75) is 94.1 Å². The van der Waals surface area contributed by atoms with E-state index in [0.29, 0.717) is 5.90 Å². The summed E-state index contributed by atoms with van der Waals surface area (Å²) < 4.78 is 6.38. The first-order valence-corrected chi connectivity index (χ1v) is 16.3. The Bertz CT molecular complexity index is 1920. The number of benzene rings is 1. The molecule has 0 bridgehead atoms. The van der Waals surface area contributed by atoms with Gasteiger partial charge < -0.3 is 14.7 Å². The van der Waals surface area contributed by atoms with Gasteiger partial charge in [-0.05, 0) is 117 Å². The molecule has 1 atom stereocenters. The van der Waals surface area contributed by atoms with Crippen molar-refractivity contribution >= 4 is 35.7 Å². The Labute approximate surface area is 267 Å². The molecule has 2 aliphatic heterocycles. The highest BCUT2D eigenvalue weighted by molar-refractivity contribution is 6.30. The van der Waals surface area contributed by atoms with Crippen molar-refractivity contribution in [1.82, 2.24) is 9.97 Å². The standard InChI is InChI=1S/C39H46N4O2/c1-10-28-22(5)32(19-36-30(12-3)24(7)38(44)42-36)40-34(28)21-35-29(11-2)23(6)33(41-35)20-37-31(13-4)25(8)39(43-37)45-26(9)27-17-15-14-16-18-27/h14-21,26,40-41H,10-13H2,1-9H3/b32-19+,34-21+,37-20-/t26-/m1/s1. The highest BCUT2D eigenvalue weighted by atomic mass is 16.5. The third-order valence-electron chi connectivity index (χ3n) is 9.33. The first-order chi connectivity index (χ1) is 21.6. The van der Waals surface area contributed by atoms with E-state index in [2.05, 4.69) is 94.6 Å². The number of allylic oxidation sites excluding steroid dienone is 2. The van der Waals surface area contributed by atoms with Crippen LogP contribution < -0.4 is 10.7 Å². The molecule has 2 aromatic heterocycles. The van der Waals surface area contributed by atoms with Crippen LogP contribution >= 0.6 is 0 Å². The van der Waals surface area contributed by atoms with Gasteiger partial charge in [0.15, 0.2) is 0 Å². The third kappa shape index (κ3) is 6.11. The summed E-state index contributed by atoms with van der Waals surface area (Å²) in [6, 6.07) is 10.3. The maximum Gasteiger partial charge on any atom is 0.273 e. The molecular formula is C39H46N4O2. The molecule has 45 heavy (non-hydrogen) atoms. The topological polar surface area (TPSA) is 82.6 Å². The van der Waals surface area contributed by atoms with E-state index in [4.69, 9.17) is 9.73 Å². The zero-order valence-corrected chi connectivity index (χ0v) is 28.2. The van der Waals surface area contributed by atoms with E-state index in [0.717, 1.165) is 81.5 Å². The normalized spacial score (nSPS) is 17.7. The van der Waals surface area contributed by atoms with Crippen molar-refractivity contribution in [1.29, 1.82) is 0 Å². The van der Waals surface area contributed by atoms with Crippen LogP contribution in [-0.4, -0.2) is 27.5 Å². The summed E-state index contributed by atoms with van der Waals surface area (Å²) in [6.45, 7) is 19.0. The molecule has 6 nitrogen and oxygen atoms in total. The third-order valence-corrected chi connectivity index (χ3v) is 9.33. The lowest BCUT2D eigenvalue weighted by molar-refractivity contribution is -0.114. The molecule has 6 heteroatoms. The number of hydrogen-bond donors (Lipinski definition) is 2. The van der Waals surface area contributed by atoms with Gasteiger partial charge in [-0.1, -0.05) is 58.0 Å². The molecule has 5 rings (SSSR count). The van der Waals surface area contributed by atoms with Crippen molar-refractivity contribution in [3.63, 3.8) is 0 Å². The Hall–Kier alpha value is -4.45. The van der Waals surface area contributed by atoms with Crippen LogP contribution in [0.5, 0.6) is 0 Å². The molecule has 0 radical (unpaired) electrons. The molecule has 0 spiro atoms. The Kier molecular flexibility index (Phi) is 9.42. The Morgan fingerprint density at radius 3 is 2.07 bits per heavy atom. The van der Waals surface area contributed by atoms with Gasteiger partial charge in [0.2, 0.25) is 5.90 Å². The summed E-state index contributed by atoms with van der Waals surface area (Å²) in [5, 5.41) is 2.08. The van der Waals surface area contributed by atoms with Crippen LogP contribution in [0.3, 0.4) is 0 Å². The molecule has 2 N–H and O–H groups in total. The minimum Gasteiger partial charge on any atom is -0.470 e. The summed E-state index contributed by atoms with van der Waals surface area (Å²) in [5.74, 6) is 0.567. The van der Waals surface area contributed by atoms with E-state index in [-0.39, 0.29) is 12.0 Å². The molecule has 1 amide bonds. The monoisotopic (exact) mass is 602 g/mol. The summed E-state index contributed by atoms with van der Waals surface area (Å²) in [4.78, 5) is 29.0. The number of ether oxygens (including phenoxy) is 1. The van der Waals surface area contributed by atoms with Gasteiger partial charge in [-0.15, -0.1) is 0 Å². The fourth-order valence-corrected chi connectivity index (χ4v) is 6.59. The molecule has 2 aliphatic rings. The number of carbonyl (C=O) groups excluding carboxylic acids is 1. The minimum atomic E-state index is -0.131. The lowest BCUT2D eigenvalue weighted by Gasteiger charge is -2.15. The maximum absolute atomic E-state index is 12.3. The second-order valence-electron chi connectivity index (χ2n) is 11.9. The van der Waals surface area contributed by atoms with Gasteiger partial charge in [0.1, 0.15) is 6.10 Å². The first-order valence-electron chi connectivity index (χ1n) is 16.3. The van der Waals surface area contributed by atoms with Crippen LogP contribution in [0.15, 0.2) is 68.3 Å². The second-order valence-corrected chi connectivity index (χ2v) is 11.9. The van der Waals surface area contributed by atoms with Crippen LogP contribution in [0.4, 0.5) is 0 Å². The number of nitrogens with one attached hydrogen (secondary N) is 2. The molecule has 0 saturated carbocycles. The molecule has 234 valence electrons. The Balaban J connectivity index is 1.54. The predicted molar refractivity (Wildman–Crippen MR) is 187 cm³/mol. The van der Waals surface area contributed by atoms with Crippen molar-refractivity contribution in [2.75, 3.05) is 0 Å². The van der Waals surface area contributed by atoms with Crippen molar-refractivity contribution < 1.29 is 9.53 Å². The lowest BCUT2D eigenvalue weighted by Crippen LogP contribution is -2.14. The zero-order chi connectivity index (χ0) is 32.4. The van der Waals surface area contributed by atoms with Crippen LogP contribution in [0, 0.1) is 13.8 Å². The van der Waals surface area contributed by atoms with Gasteiger partial charge in [-0.2, -0.15) is 0 Å². The van der Waals surface area contributed by atoms with Crippen LogP contribution in [0.2, 0.25) is 0 Å². The molecule has 0 unspecified atom stereocenters. The van der Waals surface area contributed by atoms with Gasteiger partial charge >= 0.3 is 0 Å². The quantitative estimate of drug-likeness (QED) is 0.264. The molecule has 0 saturated heterocycles. The summed E-state index contributed by atoms with van der Waals surface area (Å²) in [6.07, 6.45) is 9.80. The van der Waals surface area contributed by atoms with Crippen LogP contribution in [0.25, 0.3) is 18.2 Å². The average molecular weight is 603 g/mol. The molecule has 3 aromatic rings. The number of rotatable bonds is 9. The smallest absolute Gasteiger partial charge is 0.273 e. The van der Waals surface area contributed by atoms with Gasteiger partial charge in [0, 0.05) is 33.2 Å². The van der Waals surface area contributed by atoms with E-state index in [9.17, 15) is 4.79 Å². The highest BCUT2D eigenvalue weighted by Crippen LogP contribution is 2.33. The SMILES string of the molecule is CCC1=C(C)C(=O)N=C1/C=c1/[nH]/c(=C/c2[nH]c(/C=C3\N=C(O[C@H](C)c4ccccc4)C(C)=C3CC)c(C)c2CC)c(CC)c1C. The van der Waals surface area contributed by atoms with E-state index in [1.54, 1.807) is 0 Å². The van der Waals surface area contributed by atoms with E-state index < -0.39 is 0 Å². The number of nitrogens with zero attached hydrogens (tertiary/aromatic N) is 2. The molecule has 0 aliphatic carbocycles. The lowest BCUT2D eigenvalue weighted by atomic mass is 10.0. The number of hydrogen-bond acceptors (Lipinski definition) is 3. The zero-order valence-electron chi connectivity index (χ0n) is 28.2. The van der Waals surface area contributed by atoms with E-state index in [1.807, 2.05) is 31.2 Å². The van der Waals surface area contributed by atoms with Gasteiger partial charge in [0.25, 0.3) is 5.91 Å². The van der Waals surface area contributed by atoms with Gasteiger partial charge in [-0.25, -0.2) is 9.98 Å².